The Hall–Kier alpha value is -2.89. The van der Waals surface area contributed by atoms with Gasteiger partial charge in [-0.25, -0.2) is 9.18 Å². The van der Waals surface area contributed by atoms with Crippen molar-refractivity contribution in [3.05, 3.63) is 59.4 Å². The van der Waals surface area contributed by atoms with Crippen LogP contribution in [0.3, 0.4) is 0 Å². The topological polar surface area (TPSA) is 64.6 Å². The standard InChI is InChI=1S/C17H16FNO4/c1-3-23-15-9-6-12(10-14(15)18)16(20)19-13-7-4-11(5-8-13)17(21)22-2/h4-10H,3H2,1-2H3,(H,19,20). The predicted molar refractivity (Wildman–Crippen MR) is 83.3 cm³/mol. The Labute approximate surface area is 133 Å². The van der Waals surface area contributed by atoms with Crippen molar-refractivity contribution < 1.29 is 23.5 Å². The van der Waals surface area contributed by atoms with Gasteiger partial charge in [-0.1, -0.05) is 0 Å². The van der Waals surface area contributed by atoms with E-state index in [1.54, 1.807) is 19.1 Å². The molecule has 0 aliphatic heterocycles. The lowest BCUT2D eigenvalue weighted by molar-refractivity contribution is 0.0600. The average molecular weight is 317 g/mol. The van der Waals surface area contributed by atoms with Gasteiger partial charge in [0.2, 0.25) is 0 Å². The van der Waals surface area contributed by atoms with E-state index < -0.39 is 17.7 Å². The lowest BCUT2D eigenvalue weighted by Crippen LogP contribution is -2.12. The number of anilines is 1. The van der Waals surface area contributed by atoms with E-state index in [4.69, 9.17) is 4.74 Å². The first-order chi connectivity index (χ1) is 11.0. The number of esters is 1. The lowest BCUT2D eigenvalue weighted by Gasteiger charge is -2.08. The summed E-state index contributed by atoms with van der Waals surface area (Å²) < 4.78 is 23.4. The second-order valence-electron chi connectivity index (χ2n) is 4.60. The Morgan fingerprint density at radius 2 is 1.74 bits per heavy atom. The minimum atomic E-state index is -0.597. The maximum atomic E-state index is 13.8. The van der Waals surface area contributed by atoms with E-state index >= 15 is 0 Å². The fourth-order valence-electron chi connectivity index (χ4n) is 1.93. The zero-order valence-electron chi connectivity index (χ0n) is 12.8. The molecule has 5 nitrogen and oxygen atoms in total. The molecule has 0 aromatic heterocycles. The van der Waals surface area contributed by atoms with Gasteiger partial charge in [0.15, 0.2) is 11.6 Å². The van der Waals surface area contributed by atoms with Crippen molar-refractivity contribution in [1.29, 1.82) is 0 Å². The van der Waals surface area contributed by atoms with Crippen LogP contribution < -0.4 is 10.1 Å². The number of halogens is 1. The normalized spacial score (nSPS) is 10.0. The van der Waals surface area contributed by atoms with Gasteiger partial charge in [-0.05, 0) is 49.4 Å². The van der Waals surface area contributed by atoms with Crippen LogP contribution in [0.15, 0.2) is 42.5 Å². The molecule has 1 N–H and O–H groups in total. The molecule has 0 unspecified atom stereocenters. The van der Waals surface area contributed by atoms with E-state index in [9.17, 15) is 14.0 Å². The summed E-state index contributed by atoms with van der Waals surface area (Å²) in [5.41, 5.74) is 1.03. The molecule has 23 heavy (non-hydrogen) atoms. The monoisotopic (exact) mass is 317 g/mol. The first-order valence-electron chi connectivity index (χ1n) is 6.97. The molecular formula is C17H16FNO4. The molecule has 0 aliphatic carbocycles. The second-order valence-corrected chi connectivity index (χ2v) is 4.60. The van der Waals surface area contributed by atoms with Crippen LogP contribution >= 0.6 is 0 Å². The highest BCUT2D eigenvalue weighted by molar-refractivity contribution is 6.04. The second kappa shape index (κ2) is 7.40. The number of methoxy groups -OCH3 is 1. The molecule has 6 heteroatoms. The Morgan fingerprint density at radius 3 is 2.30 bits per heavy atom. The van der Waals surface area contributed by atoms with Crippen molar-refractivity contribution in [3.63, 3.8) is 0 Å². The van der Waals surface area contributed by atoms with E-state index in [2.05, 4.69) is 10.1 Å². The van der Waals surface area contributed by atoms with Crippen molar-refractivity contribution in [2.75, 3.05) is 19.0 Å². The molecule has 0 atom stereocenters. The largest absolute Gasteiger partial charge is 0.491 e. The third kappa shape index (κ3) is 4.06. The number of benzene rings is 2. The minimum absolute atomic E-state index is 0.103. The van der Waals surface area contributed by atoms with Gasteiger partial charge in [-0.2, -0.15) is 0 Å². The summed E-state index contributed by atoms with van der Waals surface area (Å²) in [6.07, 6.45) is 0. The zero-order chi connectivity index (χ0) is 16.8. The zero-order valence-corrected chi connectivity index (χ0v) is 12.8. The molecule has 2 aromatic rings. The molecule has 120 valence electrons. The maximum absolute atomic E-state index is 13.8. The van der Waals surface area contributed by atoms with E-state index in [0.29, 0.717) is 17.9 Å². The predicted octanol–water partition coefficient (Wildman–Crippen LogP) is 3.26. The van der Waals surface area contributed by atoms with Crippen molar-refractivity contribution in [3.8, 4) is 5.75 Å². The SMILES string of the molecule is CCOc1ccc(C(=O)Nc2ccc(C(=O)OC)cc2)cc1F. The van der Waals surface area contributed by atoms with E-state index in [-0.39, 0.29) is 11.3 Å². The summed E-state index contributed by atoms with van der Waals surface area (Å²) in [6.45, 7) is 2.09. The quantitative estimate of drug-likeness (QED) is 0.860. The Kier molecular flexibility index (Phi) is 5.30. The van der Waals surface area contributed by atoms with Gasteiger partial charge in [0.1, 0.15) is 0 Å². The van der Waals surface area contributed by atoms with Gasteiger partial charge in [-0.3, -0.25) is 4.79 Å². The van der Waals surface area contributed by atoms with E-state index in [1.807, 2.05) is 0 Å². The average Bonchev–Trinajstić information content (AvgIpc) is 2.56. The molecular weight excluding hydrogens is 301 g/mol. The van der Waals surface area contributed by atoms with Crippen molar-refractivity contribution in [1.82, 2.24) is 0 Å². The van der Waals surface area contributed by atoms with Crippen LogP contribution in [-0.2, 0) is 4.74 Å². The summed E-state index contributed by atoms with van der Waals surface area (Å²) in [5, 5.41) is 2.62. The number of carbonyl (C=O) groups excluding carboxylic acids is 2. The van der Waals surface area contributed by atoms with Crippen molar-refractivity contribution in [2.24, 2.45) is 0 Å². The van der Waals surface area contributed by atoms with Crippen molar-refractivity contribution >= 4 is 17.6 Å². The number of hydrogen-bond donors (Lipinski definition) is 1. The highest BCUT2D eigenvalue weighted by atomic mass is 19.1. The molecule has 2 aromatic carbocycles. The number of hydrogen-bond acceptors (Lipinski definition) is 4. The Bertz CT molecular complexity index is 713. The highest BCUT2D eigenvalue weighted by Crippen LogP contribution is 2.19. The molecule has 0 saturated carbocycles. The molecule has 0 fully saturated rings. The maximum Gasteiger partial charge on any atom is 0.337 e. The van der Waals surface area contributed by atoms with Gasteiger partial charge in [0.25, 0.3) is 5.91 Å². The van der Waals surface area contributed by atoms with Gasteiger partial charge in [0, 0.05) is 11.3 Å². The lowest BCUT2D eigenvalue weighted by atomic mass is 10.1. The van der Waals surface area contributed by atoms with Crippen LogP contribution in [-0.4, -0.2) is 25.6 Å². The summed E-state index contributed by atoms with van der Waals surface area (Å²) in [4.78, 5) is 23.4. The number of carbonyl (C=O) groups is 2. The first-order valence-corrected chi connectivity index (χ1v) is 6.97. The molecule has 0 aliphatic rings. The van der Waals surface area contributed by atoms with E-state index in [1.165, 1.54) is 31.4 Å². The van der Waals surface area contributed by atoms with Crippen LogP contribution in [0.25, 0.3) is 0 Å². The molecule has 1 amide bonds. The number of rotatable bonds is 5. The Balaban J connectivity index is 2.09. The fraction of sp³-hybridized carbons (Fsp3) is 0.176. The van der Waals surface area contributed by atoms with Gasteiger partial charge < -0.3 is 14.8 Å². The van der Waals surface area contributed by atoms with Crippen LogP contribution in [0.2, 0.25) is 0 Å². The van der Waals surface area contributed by atoms with Crippen LogP contribution in [0, 0.1) is 5.82 Å². The Morgan fingerprint density at radius 1 is 1.09 bits per heavy atom. The molecule has 0 bridgehead atoms. The number of ether oxygens (including phenoxy) is 2. The van der Waals surface area contributed by atoms with Crippen LogP contribution in [0.1, 0.15) is 27.6 Å². The van der Waals surface area contributed by atoms with Gasteiger partial charge in [0.05, 0.1) is 19.3 Å². The summed E-state index contributed by atoms with van der Waals surface area (Å²) >= 11 is 0. The van der Waals surface area contributed by atoms with Crippen molar-refractivity contribution in [2.45, 2.75) is 6.92 Å². The number of amides is 1. The molecule has 2 rings (SSSR count). The highest BCUT2D eigenvalue weighted by Gasteiger charge is 2.11. The van der Waals surface area contributed by atoms with Crippen LogP contribution in [0.5, 0.6) is 5.75 Å². The van der Waals surface area contributed by atoms with Gasteiger partial charge >= 0.3 is 5.97 Å². The summed E-state index contributed by atoms with van der Waals surface area (Å²) in [6, 6.07) is 10.2. The fourth-order valence-corrected chi connectivity index (χ4v) is 1.93. The third-order valence-corrected chi connectivity index (χ3v) is 3.06. The summed E-state index contributed by atoms with van der Waals surface area (Å²) in [7, 11) is 1.29. The molecule has 0 saturated heterocycles. The van der Waals surface area contributed by atoms with E-state index in [0.717, 1.165) is 6.07 Å². The number of nitrogens with one attached hydrogen (secondary N) is 1. The third-order valence-electron chi connectivity index (χ3n) is 3.06. The minimum Gasteiger partial charge on any atom is -0.491 e. The van der Waals surface area contributed by atoms with Crippen LogP contribution in [0.4, 0.5) is 10.1 Å². The first kappa shape index (κ1) is 16.5. The molecule has 0 heterocycles. The molecule has 0 spiro atoms. The summed E-state index contributed by atoms with van der Waals surface area (Å²) in [5.74, 6) is -1.42. The molecule has 0 radical (unpaired) electrons. The van der Waals surface area contributed by atoms with Gasteiger partial charge in [-0.15, -0.1) is 0 Å². The smallest absolute Gasteiger partial charge is 0.337 e.